The molecule has 0 spiro atoms. The summed E-state index contributed by atoms with van der Waals surface area (Å²) in [6.07, 6.45) is -1.84. The highest BCUT2D eigenvalue weighted by Gasteiger charge is 2.65. The van der Waals surface area contributed by atoms with E-state index in [2.05, 4.69) is 0 Å². The second-order valence-corrected chi connectivity index (χ2v) is 3.96. The van der Waals surface area contributed by atoms with Crippen LogP contribution < -0.4 is 4.74 Å². The topological polar surface area (TPSA) is 9.23 Å². The van der Waals surface area contributed by atoms with Crippen LogP contribution in [0.2, 0.25) is 0 Å². The highest BCUT2D eigenvalue weighted by atomic mass is 19.3. The summed E-state index contributed by atoms with van der Waals surface area (Å²) in [5, 5.41) is 0. The van der Waals surface area contributed by atoms with E-state index in [1.54, 1.807) is 13.0 Å². The Morgan fingerprint density at radius 3 is 2.44 bits per heavy atom. The number of hydrogen-bond donors (Lipinski definition) is 0. The summed E-state index contributed by atoms with van der Waals surface area (Å²) in [5.41, 5.74) is -0.247. The lowest BCUT2D eigenvalue weighted by Gasteiger charge is -2.37. The molecule has 0 saturated heterocycles. The van der Waals surface area contributed by atoms with E-state index < -0.39 is 23.5 Å². The van der Waals surface area contributed by atoms with Crippen molar-refractivity contribution >= 4 is 0 Å². The summed E-state index contributed by atoms with van der Waals surface area (Å²) in [5.74, 6) is -8.55. The number of halogens is 4. The van der Waals surface area contributed by atoms with Gasteiger partial charge in [-0.2, -0.15) is 17.6 Å². The third-order valence-corrected chi connectivity index (χ3v) is 2.71. The van der Waals surface area contributed by atoms with E-state index in [0.717, 1.165) is 13.0 Å². The maximum atomic E-state index is 13.6. The summed E-state index contributed by atoms with van der Waals surface area (Å²) in [4.78, 5) is 0. The SMILES string of the molecule is Cc1ccc2c(c1)C(F)(F)C(F)(F)C(C)O2. The second kappa shape index (κ2) is 3.12. The fraction of sp³-hybridized carbons (Fsp3) is 0.455. The molecule has 1 aromatic carbocycles. The van der Waals surface area contributed by atoms with Crippen LogP contribution in [0, 0.1) is 6.92 Å². The lowest BCUT2D eigenvalue weighted by atomic mass is 9.93. The van der Waals surface area contributed by atoms with Crippen molar-refractivity contribution in [2.24, 2.45) is 0 Å². The van der Waals surface area contributed by atoms with Gasteiger partial charge in [0.05, 0.1) is 5.56 Å². The third-order valence-electron chi connectivity index (χ3n) is 2.71. The zero-order chi connectivity index (χ0) is 12.1. The molecule has 0 aliphatic carbocycles. The molecular weight excluding hydrogens is 224 g/mol. The Hall–Kier alpha value is -1.26. The van der Waals surface area contributed by atoms with Crippen molar-refractivity contribution < 1.29 is 22.3 Å². The minimum absolute atomic E-state index is 0.172. The first-order valence-electron chi connectivity index (χ1n) is 4.80. The number of hydrogen-bond acceptors (Lipinski definition) is 1. The average Bonchev–Trinajstić information content (AvgIpc) is 2.18. The molecule has 1 heterocycles. The standard InChI is InChI=1S/C11H10F4O/c1-6-3-4-9-8(5-6)11(14,15)10(12,13)7(2)16-9/h3-5,7H,1-2H3. The maximum Gasteiger partial charge on any atom is 0.350 e. The van der Waals surface area contributed by atoms with Gasteiger partial charge < -0.3 is 4.74 Å². The van der Waals surface area contributed by atoms with Gasteiger partial charge in [0.1, 0.15) is 5.75 Å². The largest absolute Gasteiger partial charge is 0.484 e. The first kappa shape index (κ1) is 11.2. The fourth-order valence-electron chi connectivity index (χ4n) is 1.69. The molecule has 1 atom stereocenters. The zero-order valence-corrected chi connectivity index (χ0v) is 8.73. The molecule has 1 unspecified atom stereocenters. The molecule has 1 nitrogen and oxygen atoms in total. The van der Waals surface area contributed by atoms with Gasteiger partial charge in [-0.25, -0.2) is 0 Å². The molecule has 0 amide bonds. The van der Waals surface area contributed by atoms with Crippen LogP contribution in [-0.2, 0) is 5.92 Å². The molecule has 0 aromatic heterocycles. The minimum Gasteiger partial charge on any atom is -0.484 e. The molecule has 1 aliphatic heterocycles. The van der Waals surface area contributed by atoms with Crippen LogP contribution in [0.4, 0.5) is 17.6 Å². The van der Waals surface area contributed by atoms with Crippen molar-refractivity contribution in [2.45, 2.75) is 31.8 Å². The lowest BCUT2D eigenvalue weighted by Crippen LogP contribution is -2.52. The van der Waals surface area contributed by atoms with Gasteiger partial charge in [0, 0.05) is 0 Å². The number of fused-ring (bicyclic) bond motifs is 1. The Morgan fingerprint density at radius 2 is 1.81 bits per heavy atom. The molecule has 88 valence electrons. The van der Waals surface area contributed by atoms with E-state index in [4.69, 9.17) is 4.74 Å². The van der Waals surface area contributed by atoms with E-state index in [1.165, 1.54) is 6.07 Å². The third kappa shape index (κ3) is 1.30. The van der Waals surface area contributed by atoms with Crippen molar-refractivity contribution in [3.05, 3.63) is 29.3 Å². The lowest BCUT2D eigenvalue weighted by molar-refractivity contribution is -0.263. The van der Waals surface area contributed by atoms with Gasteiger partial charge in [0.2, 0.25) is 0 Å². The van der Waals surface area contributed by atoms with Gasteiger partial charge in [-0.1, -0.05) is 11.6 Å². The van der Waals surface area contributed by atoms with Crippen LogP contribution >= 0.6 is 0 Å². The monoisotopic (exact) mass is 234 g/mol. The van der Waals surface area contributed by atoms with Gasteiger partial charge in [-0.3, -0.25) is 0 Å². The summed E-state index contributed by atoms with van der Waals surface area (Å²) >= 11 is 0. The summed E-state index contributed by atoms with van der Waals surface area (Å²) in [6, 6.07) is 3.88. The normalized spacial score (nSPS) is 25.8. The maximum absolute atomic E-state index is 13.6. The molecule has 0 fully saturated rings. The van der Waals surface area contributed by atoms with Gasteiger partial charge in [0.15, 0.2) is 6.10 Å². The molecule has 0 saturated carbocycles. The van der Waals surface area contributed by atoms with Crippen LogP contribution in [-0.4, -0.2) is 12.0 Å². The van der Waals surface area contributed by atoms with Crippen LogP contribution in [0.1, 0.15) is 18.1 Å². The van der Waals surface area contributed by atoms with Crippen molar-refractivity contribution in [1.82, 2.24) is 0 Å². The minimum atomic E-state index is -4.19. The molecule has 16 heavy (non-hydrogen) atoms. The fourth-order valence-corrected chi connectivity index (χ4v) is 1.69. The van der Waals surface area contributed by atoms with Crippen molar-refractivity contribution in [3.8, 4) is 5.75 Å². The molecule has 0 N–H and O–H groups in total. The molecule has 5 heteroatoms. The number of rotatable bonds is 0. The van der Waals surface area contributed by atoms with Crippen LogP contribution in [0.25, 0.3) is 0 Å². The smallest absolute Gasteiger partial charge is 0.350 e. The molecule has 0 radical (unpaired) electrons. The number of aryl methyl sites for hydroxylation is 1. The van der Waals surface area contributed by atoms with E-state index in [1.807, 2.05) is 0 Å². The van der Waals surface area contributed by atoms with Gasteiger partial charge in [-0.15, -0.1) is 0 Å². The first-order chi connectivity index (χ1) is 7.26. The highest BCUT2D eigenvalue weighted by molar-refractivity contribution is 5.43. The van der Waals surface area contributed by atoms with E-state index in [0.29, 0.717) is 5.56 Å². The molecule has 1 aliphatic rings. The predicted molar refractivity (Wildman–Crippen MR) is 50.1 cm³/mol. The van der Waals surface area contributed by atoms with Crippen molar-refractivity contribution in [3.63, 3.8) is 0 Å². The molecular formula is C11H10F4O. The quantitative estimate of drug-likeness (QED) is 0.624. The number of alkyl halides is 4. The van der Waals surface area contributed by atoms with Crippen LogP contribution in [0.15, 0.2) is 18.2 Å². The average molecular weight is 234 g/mol. The Morgan fingerprint density at radius 1 is 1.19 bits per heavy atom. The Kier molecular flexibility index (Phi) is 2.19. The number of ether oxygens (including phenoxy) is 1. The Labute approximate surface area is 90.0 Å². The van der Waals surface area contributed by atoms with Gasteiger partial charge in [-0.05, 0) is 26.0 Å². The van der Waals surface area contributed by atoms with Gasteiger partial charge in [0.25, 0.3) is 0 Å². The van der Waals surface area contributed by atoms with Crippen LogP contribution in [0.5, 0.6) is 5.75 Å². The molecule has 0 bridgehead atoms. The van der Waals surface area contributed by atoms with Crippen molar-refractivity contribution in [1.29, 1.82) is 0 Å². The van der Waals surface area contributed by atoms with E-state index in [9.17, 15) is 17.6 Å². The van der Waals surface area contributed by atoms with Gasteiger partial charge >= 0.3 is 11.8 Å². The summed E-state index contributed by atoms with van der Waals surface area (Å²) < 4.78 is 58.6. The zero-order valence-electron chi connectivity index (χ0n) is 8.73. The summed E-state index contributed by atoms with van der Waals surface area (Å²) in [7, 11) is 0. The van der Waals surface area contributed by atoms with Crippen molar-refractivity contribution in [2.75, 3.05) is 0 Å². The summed E-state index contributed by atoms with van der Waals surface area (Å²) in [6.45, 7) is 2.50. The Balaban J connectivity index is 2.64. The van der Waals surface area contributed by atoms with E-state index in [-0.39, 0.29) is 5.75 Å². The van der Waals surface area contributed by atoms with E-state index >= 15 is 0 Å². The first-order valence-corrected chi connectivity index (χ1v) is 4.80. The second-order valence-electron chi connectivity index (χ2n) is 3.96. The van der Waals surface area contributed by atoms with Crippen LogP contribution in [0.3, 0.4) is 0 Å². The predicted octanol–water partition coefficient (Wildman–Crippen LogP) is 3.50. The highest BCUT2D eigenvalue weighted by Crippen LogP contribution is 2.52. The molecule has 2 rings (SSSR count). The molecule has 1 aromatic rings. The Bertz CT molecular complexity index is 428. The number of benzene rings is 1.